The highest BCUT2D eigenvalue weighted by atomic mass is 16.2. The number of carbonyl (C=O) groups is 2. The van der Waals surface area contributed by atoms with Crippen LogP contribution in [0.25, 0.3) is 0 Å². The highest BCUT2D eigenvalue weighted by Gasteiger charge is 2.48. The number of nitrogens with two attached hydrogens (primary N) is 1. The second-order valence-electron chi connectivity index (χ2n) is 3.29. The summed E-state index contributed by atoms with van der Waals surface area (Å²) in [7, 11) is 1.52. The van der Waals surface area contributed by atoms with Crippen molar-refractivity contribution in [3.63, 3.8) is 0 Å². The standard InChI is InChI=1S/C7H11N3O2/c1-9-6(11)4-2-3-5(7(9)12)10(4)8/h4-5H,2-3,8H2,1H3/t4-,5+. The average Bonchev–Trinajstić information content (AvgIpc) is 2.38. The Morgan fingerprint density at radius 2 is 1.67 bits per heavy atom. The van der Waals surface area contributed by atoms with Gasteiger partial charge in [0.1, 0.15) is 12.1 Å². The Kier molecular flexibility index (Phi) is 1.46. The second-order valence-corrected chi connectivity index (χ2v) is 3.29. The molecule has 2 rings (SSSR count). The minimum Gasteiger partial charge on any atom is -0.283 e. The Morgan fingerprint density at radius 3 is 2.08 bits per heavy atom. The highest BCUT2D eigenvalue weighted by molar-refractivity contribution is 6.03. The van der Waals surface area contributed by atoms with E-state index in [9.17, 15) is 9.59 Å². The molecule has 2 N–H and O–H groups in total. The van der Waals surface area contributed by atoms with Gasteiger partial charge in [-0.3, -0.25) is 20.3 Å². The van der Waals surface area contributed by atoms with Gasteiger partial charge in [-0.2, -0.15) is 0 Å². The van der Waals surface area contributed by atoms with Crippen LogP contribution in [0.15, 0.2) is 0 Å². The maximum absolute atomic E-state index is 11.4. The van der Waals surface area contributed by atoms with E-state index in [2.05, 4.69) is 0 Å². The maximum atomic E-state index is 11.4. The number of nitrogens with zero attached hydrogens (tertiary/aromatic N) is 2. The zero-order valence-electron chi connectivity index (χ0n) is 6.86. The lowest BCUT2D eigenvalue weighted by Crippen LogP contribution is -2.61. The first kappa shape index (κ1) is 7.70. The number of fused-ring (bicyclic) bond motifs is 2. The summed E-state index contributed by atoms with van der Waals surface area (Å²) in [6.07, 6.45) is 1.41. The fourth-order valence-electron chi connectivity index (χ4n) is 1.89. The second kappa shape index (κ2) is 2.27. The van der Waals surface area contributed by atoms with E-state index >= 15 is 0 Å². The SMILES string of the molecule is CN1C(=O)[C@H]2CC[C@@H](C1=O)N2N. The Hall–Kier alpha value is -0.940. The number of amides is 2. The molecular formula is C7H11N3O2. The normalized spacial score (nSPS) is 36.3. The number of hydrogen-bond donors (Lipinski definition) is 1. The van der Waals surface area contributed by atoms with Crippen molar-refractivity contribution in [2.75, 3.05) is 7.05 Å². The largest absolute Gasteiger partial charge is 0.283 e. The van der Waals surface area contributed by atoms with Crippen LogP contribution in [0, 0.1) is 0 Å². The number of likely N-dealkylation sites (N-methyl/N-ethyl adjacent to an activating group) is 1. The number of rotatable bonds is 0. The van der Waals surface area contributed by atoms with E-state index in [1.54, 1.807) is 0 Å². The van der Waals surface area contributed by atoms with E-state index in [4.69, 9.17) is 5.84 Å². The molecule has 2 amide bonds. The number of likely N-dealkylation sites (tertiary alicyclic amines) is 1. The van der Waals surface area contributed by atoms with E-state index in [0.717, 1.165) is 0 Å². The Balaban J connectivity index is 2.35. The summed E-state index contributed by atoms with van der Waals surface area (Å²) in [6, 6.07) is -0.532. The fraction of sp³-hybridized carbons (Fsp3) is 0.714. The van der Waals surface area contributed by atoms with E-state index in [1.165, 1.54) is 17.0 Å². The monoisotopic (exact) mass is 169 g/mol. The third-order valence-electron chi connectivity index (χ3n) is 2.66. The zero-order valence-corrected chi connectivity index (χ0v) is 6.86. The van der Waals surface area contributed by atoms with Gasteiger partial charge in [0.25, 0.3) is 0 Å². The molecule has 2 aliphatic heterocycles. The van der Waals surface area contributed by atoms with Gasteiger partial charge in [-0.25, -0.2) is 5.01 Å². The predicted molar refractivity (Wildman–Crippen MR) is 40.6 cm³/mol. The molecule has 2 atom stereocenters. The minimum absolute atomic E-state index is 0.170. The van der Waals surface area contributed by atoms with Crippen LogP contribution < -0.4 is 5.84 Å². The van der Waals surface area contributed by atoms with Crippen LogP contribution >= 0.6 is 0 Å². The number of hydrogen-bond acceptors (Lipinski definition) is 4. The summed E-state index contributed by atoms with van der Waals surface area (Å²) in [5.74, 6) is 5.25. The minimum atomic E-state index is -0.266. The molecule has 5 heteroatoms. The molecule has 0 aromatic carbocycles. The molecule has 0 aromatic rings. The number of carbonyl (C=O) groups excluding carboxylic acids is 2. The molecule has 2 saturated heterocycles. The molecule has 0 radical (unpaired) electrons. The summed E-state index contributed by atoms with van der Waals surface area (Å²) < 4.78 is 0. The van der Waals surface area contributed by atoms with Crippen molar-refractivity contribution in [2.45, 2.75) is 24.9 Å². The van der Waals surface area contributed by atoms with Crippen LogP contribution in [0.3, 0.4) is 0 Å². The lowest BCUT2D eigenvalue weighted by atomic mass is 10.2. The lowest BCUT2D eigenvalue weighted by Gasteiger charge is -2.33. The summed E-state index contributed by atoms with van der Waals surface area (Å²) in [5, 5.41) is 1.39. The first-order valence-electron chi connectivity index (χ1n) is 3.97. The first-order chi connectivity index (χ1) is 5.63. The van der Waals surface area contributed by atoms with E-state index < -0.39 is 0 Å². The predicted octanol–water partition coefficient (Wildman–Crippen LogP) is -1.31. The van der Waals surface area contributed by atoms with Crippen LogP contribution in [0.5, 0.6) is 0 Å². The Labute approximate surface area is 70.1 Å². The zero-order chi connectivity index (χ0) is 8.88. The van der Waals surface area contributed by atoms with Crippen molar-refractivity contribution < 1.29 is 9.59 Å². The number of imide groups is 1. The van der Waals surface area contributed by atoms with Crippen molar-refractivity contribution in [1.29, 1.82) is 0 Å². The maximum Gasteiger partial charge on any atom is 0.247 e. The molecule has 0 saturated carbocycles. The Morgan fingerprint density at radius 1 is 1.25 bits per heavy atom. The highest BCUT2D eigenvalue weighted by Crippen LogP contribution is 2.27. The summed E-state index contributed by atoms with van der Waals surface area (Å²) >= 11 is 0. The third kappa shape index (κ3) is 0.748. The Bertz CT molecular complexity index is 229. The van der Waals surface area contributed by atoms with Crippen molar-refractivity contribution in [1.82, 2.24) is 9.91 Å². The van der Waals surface area contributed by atoms with Gasteiger partial charge >= 0.3 is 0 Å². The van der Waals surface area contributed by atoms with Crippen molar-refractivity contribution in [2.24, 2.45) is 5.84 Å². The molecule has 66 valence electrons. The molecule has 0 spiro atoms. The molecule has 2 fully saturated rings. The smallest absolute Gasteiger partial charge is 0.247 e. The van der Waals surface area contributed by atoms with Crippen molar-refractivity contribution >= 4 is 11.8 Å². The lowest BCUT2D eigenvalue weighted by molar-refractivity contribution is -0.155. The molecule has 2 bridgehead atoms. The molecule has 0 aromatic heterocycles. The van der Waals surface area contributed by atoms with Gasteiger partial charge in [0, 0.05) is 7.05 Å². The number of piperazine rings is 1. The molecule has 0 unspecified atom stereocenters. The third-order valence-corrected chi connectivity index (χ3v) is 2.66. The van der Waals surface area contributed by atoms with Crippen molar-refractivity contribution in [3.8, 4) is 0 Å². The van der Waals surface area contributed by atoms with Crippen LogP contribution in [0.1, 0.15) is 12.8 Å². The van der Waals surface area contributed by atoms with E-state index in [0.29, 0.717) is 12.8 Å². The van der Waals surface area contributed by atoms with Crippen LogP contribution in [0.2, 0.25) is 0 Å². The van der Waals surface area contributed by atoms with Gasteiger partial charge in [-0.05, 0) is 12.8 Å². The molecule has 2 aliphatic rings. The van der Waals surface area contributed by atoms with Crippen LogP contribution in [-0.2, 0) is 9.59 Å². The van der Waals surface area contributed by atoms with Gasteiger partial charge in [-0.1, -0.05) is 0 Å². The van der Waals surface area contributed by atoms with Crippen LogP contribution in [0.4, 0.5) is 0 Å². The summed E-state index contributed by atoms with van der Waals surface area (Å²) in [4.78, 5) is 24.0. The fourth-order valence-corrected chi connectivity index (χ4v) is 1.89. The first-order valence-corrected chi connectivity index (χ1v) is 3.97. The van der Waals surface area contributed by atoms with Crippen LogP contribution in [-0.4, -0.2) is 40.9 Å². The molecule has 12 heavy (non-hydrogen) atoms. The van der Waals surface area contributed by atoms with E-state index in [-0.39, 0.29) is 23.9 Å². The van der Waals surface area contributed by atoms with Gasteiger partial charge in [0.15, 0.2) is 0 Å². The van der Waals surface area contributed by atoms with Gasteiger partial charge in [0.2, 0.25) is 11.8 Å². The average molecular weight is 169 g/mol. The topological polar surface area (TPSA) is 66.6 Å². The van der Waals surface area contributed by atoms with E-state index in [1.807, 2.05) is 0 Å². The quantitative estimate of drug-likeness (QED) is 0.361. The molecule has 0 aliphatic carbocycles. The van der Waals surface area contributed by atoms with Gasteiger partial charge in [-0.15, -0.1) is 0 Å². The summed E-state index contributed by atoms with van der Waals surface area (Å²) in [6.45, 7) is 0. The van der Waals surface area contributed by atoms with Gasteiger partial charge < -0.3 is 0 Å². The van der Waals surface area contributed by atoms with Crippen molar-refractivity contribution in [3.05, 3.63) is 0 Å². The molecule has 5 nitrogen and oxygen atoms in total. The number of hydrazine groups is 1. The molecular weight excluding hydrogens is 158 g/mol. The summed E-state index contributed by atoms with van der Waals surface area (Å²) in [5.41, 5.74) is 0. The van der Waals surface area contributed by atoms with Gasteiger partial charge in [0.05, 0.1) is 0 Å². The molecule has 2 heterocycles.